The third-order valence-corrected chi connectivity index (χ3v) is 2.12. The van der Waals surface area contributed by atoms with E-state index >= 15 is 0 Å². The first-order valence-electron chi connectivity index (χ1n) is 4.95. The number of anilines is 2. The van der Waals surface area contributed by atoms with E-state index in [9.17, 15) is 0 Å². The van der Waals surface area contributed by atoms with Crippen LogP contribution in [0, 0.1) is 0 Å². The summed E-state index contributed by atoms with van der Waals surface area (Å²) in [5.74, 6) is 0.927. The predicted octanol–water partition coefficient (Wildman–Crippen LogP) is 1.83. The second kappa shape index (κ2) is 7.19. The molecule has 0 aliphatic rings. The Morgan fingerprint density at radius 1 is 1.50 bits per heavy atom. The van der Waals surface area contributed by atoms with E-state index < -0.39 is 0 Å². The summed E-state index contributed by atoms with van der Waals surface area (Å²) in [6, 6.07) is 1.64. The summed E-state index contributed by atoms with van der Waals surface area (Å²) in [4.78, 5) is 8.13. The monoisotopic (exact) mass is 286 g/mol. The molecule has 5 nitrogen and oxygen atoms in total. The van der Waals surface area contributed by atoms with Gasteiger partial charge in [-0.05, 0) is 22.4 Å². The van der Waals surface area contributed by atoms with Gasteiger partial charge >= 0.3 is 0 Å². The Morgan fingerprint density at radius 3 is 3.00 bits per heavy atom. The number of nitrogens with two attached hydrogens (primary N) is 1. The first-order chi connectivity index (χ1) is 7.72. The fourth-order valence-corrected chi connectivity index (χ4v) is 1.42. The number of hydrogen-bond donors (Lipinski definition) is 2. The van der Waals surface area contributed by atoms with Crippen molar-refractivity contribution in [2.24, 2.45) is 0 Å². The van der Waals surface area contributed by atoms with Crippen molar-refractivity contribution in [1.29, 1.82) is 0 Å². The smallest absolute Gasteiger partial charge is 0.225 e. The minimum Gasteiger partial charge on any atom is -0.383 e. The normalized spacial score (nSPS) is 10.1. The zero-order chi connectivity index (χ0) is 11.8. The van der Waals surface area contributed by atoms with Crippen molar-refractivity contribution in [3.05, 3.63) is 23.3 Å². The second-order valence-electron chi connectivity index (χ2n) is 3.06. The molecule has 6 heteroatoms. The van der Waals surface area contributed by atoms with Crippen LogP contribution in [0.2, 0.25) is 0 Å². The molecule has 0 fully saturated rings. The Hall–Kier alpha value is -1.14. The molecule has 0 aliphatic carbocycles. The van der Waals surface area contributed by atoms with E-state index in [-0.39, 0.29) is 0 Å². The van der Waals surface area contributed by atoms with Gasteiger partial charge < -0.3 is 15.8 Å². The number of rotatable bonds is 7. The van der Waals surface area contributed by atoms with Gasteiger partial charge in [0, 0.05) is 12.6 Å². The maximum atomic E-state index is 5.57. The molecule has 3 N–H and O–H groups in total. The Labute approximate surface area is 103 Å². The Kier molecular flexibility index (Phi) is 5.81. The number of halogens is 1. The summed E-state index contributed by atoms with van der Waals surface area (Å²) in [5.41, 5.74) is 5.57. The van der Waals surface area contributed by atoms with Crippen LogP contribution in [0.3, 0.4) is 0 Å². The lowest BCUT2D eigenvalue weighted by molar-refractivity contribution is 0.149. The quantitative estimate of drug-likeness (QED) is 0.454. The fourth-order valence-electron chi connectivity index (χ4n) is 1.02. The number of hydrogen-bond acceptors (Lipinski definition) is 5. The van der Waals surface area contributed by atoms with E-state index in [0.29, 0.717) is 36.1 Å². The molecule has 0 amide bonds. The van der Waals surface area contributed by atoms with Gasteiger partial charge in [-0.15, -0.1) is 6.58 Å². The summed E-state index contributed by atoms with van der Waals surface area (Å²) in [5, 5.41) is 3.02. The lowest BCUT2D eigenvalue weighted by Crippen LogP contribution is -2.12. The highest BCUT2D eigenvalue weighted by molar-refractivity contribution is 9.10. The van der Waals surface area contributed by atoms with Gasteiger partial charge in [0.15, 0.2) is 0 Å². The van der Waals surface area contributed by atoms with Gasteiger partial charge in [-0.3, -0.25) is 0 Å². The van der Waals surface area contributed by atoms with Crippen molar-refractivity contribution in [3.8, 4) is 0 Å². The summed E-state index contributed by atoms with van der Waals surface area (Å²) in [6.07, 6.45) is 2.69. The minimum atomic E-state index is 0.428. The molecular formula is C10H15BrN4O. The molecule has 1 heterocycles. The van der Waals surface area contributed by atoms with E-state index in [4.69, 9.17) is 10.5 Å². The number of aromatic nitrogens is 2. The SMILES string of the molecule is C=CCCOCCNc1nc(N)cc(Br)n1. The van der Waals surface area contributed by atoms with Gasteiger partial charge in [-0.1, -0.05) is 6.08 Å². The minimum absolute atomic E-state index is 0.428. The molecule has 88 valence electrons. The maximum absolute atomic E-state index is 5.57. The average Bonchev–Trinajstić information content (AvgIpc) is 2.22. The zero-order valence-electron chi connectivity index (χ0n) is 8.95. The van der Waals surface area contributed by atoms with Crippen molar-refractivity contribution >= 4 is 27.7 Å². The largest absolute Gasteiger partial charge is 0.383 e. The number of nitrogens with one attached hydrogen (secondary N) is 1. The molecule has 0 saturated carbocycles. The zero-order valence-corrected chi connectivity index (χ0v) is 10.5. The van der Waals surface area contributed by atoms with Crippen LogP contribution >= 0.6 is 15.9 Å². The molecule has 1 rings (SSSR count). The maximum Gasteiger partial charge on any atom is 0.225 e. The molecule has 0 bridgehead atoms. The van der Waals surface area contributed by atoms with Crippen LogP contribution in [0.15, 0.2) is 23.3 Å². The predicted molar refractivity (Wildman–Crippen MR) is 68.3 cm³/mol. The number of ether oxygens (including phenoxy) is 1. The highest BCUT2D eigenvalue weighted by atomic mass is 79.9. The van der Waals surface area contributed by atoms with E-state index in [2.05, 4.69) is 37.8 Å². The molecule has 1 aromatic heterocycles. The second-order valence-corrected chi connectivity index (χ2v) is 3.87. The van der Waals surface area contributed by atoms with Crippen LogP contribution in [-0.4, -0.2) is 29.7 Å². The van der Waals surface area contributed by atoms with Gasteiger partial charge in [-0.25, -0.2) is 4.98 Å². The van der Waals surface area contributed by atoms with Crippen LogP contribution in [-0.2, 0) is 4.74 Å². The van der Waals surface area contributed by atoms with Crippen LogP contribution in [0.1, 0.15) is 6.42 Å². The van der Waals surface area contributed by atoms with Crippen LogP contribution in [0.25, 0.3) is 0 Å². The molecule has 0 unspecified atom stereocenters. The molecule has 0 radical (unpaired) electrons. The molecular weight excluding hydrogens is 272 g/mol. The topological polar surface area (TPSA) is 73.1 Å². The van der Waals surface area contributed by atoms with E-state index in [1.165, 1.54) is 0 Å². The lowest BCUT2D eigenvalue weighted by atomic mass is 10.4. The molecule has 0 aliphatic heterocycles. The van der Waals surface area contributed by atoms with Crippen molar-refractivity contribution in [2.75, 3.05) is 30.8 Å². The highest BCUT2D eigenvalue weighted by Gasteiger charge is 1.99. The van der Waals surface area contributed by atoms with Gasteiger partial charge in [0.25, 0.3) is 0 Å². The van der Waals surface area contributed by atoms with Crippen molar-refractivity contribution < 1.29 is 4.74 Å². The van der Waals surface area contributed by atoms with Gasteiger partial charge in [0.05, 0.1) is 13.2 Å². The summed E-state index contributed by atoms with van der Waals surface area (Å²) in [7, 11) is 0. The average molecular weight is 287 g/mol. The Bertz CT molecular complexity index is 325. The lowest BCUT2D eigenvalue weighted by Gasteiger charge is -2.06. The summed E-state index contributed by atoms with van der Waals surface area (Å²) < 4.78 is 5.99. The van der Waals surface area contributed by atoms with Crippen molar-refractivity contribution in [2.45, 2.75) is 6.42 Å². The molecule has 1 aromatic rings. The first kappa shape index (κ1) is 12.9. The Balaban J connectivity index is 2.23. The number of nitrogen functional groups attached to an aromatic ring is 1. The van der Waals surface area contributed by atoms with E-state index in [1.807, 2.05) is 6.08 Å². The first-order valence-corrected chi connectivity index (χ1v) is 5.74. The fraction of sp³-hybridized carbons (Fsp3) is 0.400. The molecule has 0 spiro atoms. The van der Waals surface area contributed by atoms with Gasteiger partial charge in [-0.2, -0.15) is 4.98 Å². The highest BCUT2D eigenvalue weighted by Crippen LogP contribution is 2.11. The molecule has 0 saturated heterocycles. The standard InChI is InChI=1S/C10H15BrN4O/c1-2-3-5-16-6-4-13-10-14-8(11)7-9(12)15-10/h2,7H,1,3-6H2,(H3,12,13,14,15). The molecule has 0 atom stereocenters. The van der Waals surface area contributed by atoms with Crippen molar-refractivity contribution in [1.82, 2.24) is 9.97 Å². The molecule has 16 heavy (non-hydrogen) atoms. The van der Waals surface area contributed by atoms with E-state index in [0.717, 1.165) is 6.42 Å². The third kappa shape index (κ3) is 5.09. The van der Waals surface area contributed by atoms with E-state index in [1.54, 1.807) is 6.07 Å². The van der Waals surface area contributed by atoms with Crippen LogP contribution in [0.5, 0.6) is 0 Å². The van der Waals surface area contributed by atoms with Gasteiger partial charge in [0.2, 0.25) is 5.95 Å². The van der Waals surface area contributed by atoms with Crippen LogP contribution in [0.4, 0.5) is 11.8 Å². The van der Waals surface area contributed by atoms with Gasteiger partial charge in [0.1, 0.15) is 10.4 Å². The van der Waals surface area contributed by atoms with Crippen LogP contribution < -0.4 is 11.1 Å². The third-order valence-electron chi connectivity index (χ3n) is 1.71. The molecule has 0 aromatic carbocycles. The Morgan fingerprint density at radius 2 is 2.31 bits per heavy atom. The van der Waals surface area contributed by atoms with Crippen molar-refractivity contribution in [3.63, 3.8) is 0 Å². The summed E-state index contributed by atoms with van der Waals surface area (Å²) in [6.45, 7) is 5.54. The summed E-state index contributed by atoms with van der Waals surface area (Å²) >= 11 is 3.24. The number of nitrogens with zero attached hydrogens (tertiary/aromatic N) is 2.